The van der Waals surface area contributed by atoms with Crippen LogP contribution < -0.4 is 30.8 Å². The summed E-state index contributed by atoms with van der Waals surface area (Å²) < 4.78 is 5.12. The standard InChI is InChI=1S/C56H42B2N2/c1-7-23-45(24-8-1)55-53(51-35-19-21-41-59(51)57(55,47-27-11-3-12-28-47)48-29-13-4-14-30-48)43-37-39-44(40-38-43)54-52-36-20-22-42-60(52)58(49-31-15-5-16-32-49,50-33-17-6-18-34-50)56(54)46-25-9-2-10-26-46/h1-42H. The lowest BCUT2D eigenvalue weighted by Crippen LogP contribution is -2.78. The second-order valence-electron chi connectivity index (χ2n) is 16.2. The number of hydrogen-bond acceptors (Lipinski definition) is 0. The molecule has 4 heterocycles. The van der Waals surface area contributed by atoms with Gasteiger partial charge in [-0.2, -0.15) is 0 Å². The number of pyridine rings is 2. The molecule has 7 aromatic carbocycles. The molecular weight excluding hydrogens is 722 g/mol. The topological polar surface area (TPSA) is 7.76 Å². The third kappa shape index (κ3) is 5.31. The third-order valence-corrected chi connectivity index (χ3v) is 13.3. The van der Waals surface area contributed by atoms with Crippen LogP contribution in [0.25, 0.3) is 22.1 Å². The predicted molar refractivity (Wildman–Crippen MR) is 251 cm³/mol. The van der Waals surface area contributed by atoms with E-state index in [1.165, 1.54) is 77.6 Å². The van der Waals surface area contributed by atoms with Crippen LogP contribution in [-0.2, 0) is 0 Å². The Kier molecular flexibility index (Phi) is 8.71. The Balaban J connectivity index is 1.21. The fourth-order valence-corrected chi connectivity index (χ4v) is 11.0. The molecule has 11 rings (SSSR count). The first-order valence-electron chi connectivity index (χ1n) is 21.1. The number of nitrogens with zero attached hydrogens (tertiary/aromatic N) is 2. The van der Waals surface area contributed by atoms with Gasteiger partial charge in [0.15, 0.2) is 11.4 Å². The number of rotatable bonds is 8. The van der Waals surface area contributed by atoms with Gasteiger partial charge in [-0.1, -0.05) is 230 Å². The molecule has 2 nitrogen and oxygen atoms in total. The number of benzene rings is 7. The van der Waals surface area contributed by atoms with Crippen LogP contribution in [0, 0.1) is 0 Å². The molecule has 2 aromatic heterocycles. The maximum absolute atomic E-state index is 2.56. The van der Waals surface area contributed by atoms with E-state index in [1.807, 2.05) is 0 Å². The van der Waals surface area contributed by atoms with Crippen molar-refractivity contribution in [3.63, 3.8) is 0 Å². The second kappa shape index (κ2) is 14.7. The van der Waals surface area contributed by atoms with Crippen molar-refractivity contribution in [2.75, 3.05) is 0 Å². The summed E-state index contributed by atoms with van der Waals surface area (Å²) in [5.41, 5.74) is 17.5. The summed E-state index contributed by atoms with van der Waals surface area (Å²) in [5.74, 6) is 0. The Morgan fingerprint density at radius 1 is 0.233 bits per heavy atom. The highest BCUT2D eigenvalue weighted by Crippen LogP contribution is 2.44. The Morgan fingerprint density at radius 2 is 0.500 bits per heavy atom. The van der Waals surface area contributed by atoms with Crippen molar-refractivity contribution in [1.29, 1.82) is 0 Å². The normalized spacial score (nSPS) is 14.8. The molecule has 0 radical (unpaired) electrons. The van der Waals surface area contributed by atoms with Crippen molar-refractivity contribution in [3.05, 3.63) is 289 Å². The lowest BCUT2D eigenvalue weighted by Gasteiger charge is -2.35. The zero-order chi connectivity index (χ0) is 39.9. The summed E-state index contributed by atoms with van der Waals surface area (Å²) in [6.07, 6.45) is 1.31. The van der Waals surface area contributed by atoms with Crippen LogP contribution in [0.15, 0.2) is 255 Å². The Morgan fingerprint density at radius 3 is 0.800 bits per heavy atom. The Bertz CT molecular complexity index is 2750. The van der Waals surface area contributed by atoms with E-state index in [2.05, 4.69) is 264 Å². The zero-order valence-electron chi connectivity index (χ0n) is 33.3. The molecule has 4 heteroatoms. The molecule has 0 aliphatic carbocycles. The maximum Gasteiger partial charge on any atom is 0.361 e. The van der Waals surface area contributed by atoms with Crippen molar-refractivity contribution in [2.24, 2.45) is 0 Å². The smallest absolute Gasteiger partial charge is 0.361 e. The van der Waals surface area contributed by atoms with Gasteiger partial charge in [-0.15, -0.1) is 32.8 Å². The molecule has 60 heavy (non-hydrogen) atoms. The molecule has 0 saturated heterocycles. The molecule has 0 N–H and O–H groups in total. The molecule has 2 aliphatic heterocycles. The fourth-order valence-electron chi connectivity index (χ4n) is 11.0. The Labute approximate surface area is 352 Å². The second-order valence-corrected chi connectivity index (χ2v) is 16.2. The van der Waals surface area contributed by atoms with Crippen molar-refractivity contribution in [2.45, 2.75) is 0 Å². The minimum Gasteiger partial charge on any atom is -0.408 e. The van der Waals surface area contributed by atoms with Gasteiger partial charge in [-0.25, -0.2) is 0 Å². The molecular formula is C56H42B2N2. The van der Waals surface area contributed by atoms with Crippen molar-refractivity contribution >= 4 is 56.5 Å². The van der Waals surface area contributed by atoms with Gasteiger partial charge in [0.25, 0.3) is 0 Å². The van der Waals surface area contributed by atoms with Gasteiger partial charge in [0, 0.05) is 23.3 Å². The van der Waals surface area contributed by atoms with E-state index in [1.54, 1.807) is 0 Å². The van der Waals surface area contributed by atoms with E-state index in [0.29, 0.717) is 0 Å². The van der Waals surface area contributed by atoms with Crippen LogP contribution in [0.5, 0.6) is 0 Å². The summed E-state index contributed by atoms with van der Waals surface area (Å²) in [5, 5.41) is 0. The molecule has 0 unspecified atom stereocenters. The van der Waals surface area contributed by atoms with Gasteiger partial charge >= 0.3 is 12.6 Å². The van der Waals surface area contributed by atoms with Crippen LogP contribution >= 0.6 is 0 Å². The fraction of sp³-hybridized carbons (Fsp3) is 0. The highest BCUT2D eigenvalue weighted by Gasteiger charge is 2.53. The lowest BCUT2D eigenvalue weighted by molar-refractivity contribution is -0.539. The quantitative estimate of drug-likeness (QED) is 0.137. The van der Waals surface area contributed by atoms with E-state index in [9.17, 15) is 0 Å². The number of hydrogen-bond donors (Lipinski definition) is 0. The lowest BCUT2D eigenvalue weighted by atomic mass is 9.23. The van der Waals surface area contributed by atoms with Crippen molar-refractivity contribution in [3.8, 4) is 0 Å². The van der Waals surface area contributed by atoms with Crippen LogP contribution in [0.3, 0.4) is 0 Å². The maximum atomic E-state index is 2.56. The van der Waals surface area contributed by atoms with E-state index < -0.39 is 12.6 Å². The molecule has 0 spiro atoms. The first kappa shape index (κ1) is 35.6. The molecule has 0 bridgehead atoms. The highest BCUT2D eigenvalue weighted by atomic mass is 15.0. The summed E-state index contributed by atoms with van der Waals surface area (Å²) >= 11 is 0. The zero-order valence-corrected chi connectivity index (χ0v) is 33.3. The van der Waals surface area contributed by atoms with E-state index in [0.717, 1.165) is 0 Å². The van der Waals surface area contributed by atoms with Gasteiger partial charge in [-0.3, -0.25) is 0 Å². The SMILES string of the molecule is c1ccc(C2=C(c3ccc(C4=C(c5ccccc5)[B-](c5ccccc5)(c5ccccc5)[n+]5ccccc54)cc3)c3cccc[n+]3[B-]2(c2ccccc2)c2ccccc2)cc1. The average Bonchev–Trinajstić information content (AvgIpc) is 3.83. The highest BCUT2D eigenvalue weighted by molar-refractivity contribution is 7.11. The van der Waals surface area contributed by atoms with Crippen LogP contribution in [0.4, 0.5) is 0 Å². The van der Waals surface area contributed by atoms with Crippen molar-refractivity contribution < 1.29 is 8.96 Å². The van der Waals surface area contributed by atoms with Crippen LogP contribution in [0.2, 0.25) is 0 Å². The summed E-state index contributed by atoms with van der Waals surface area (Å²) in [7, 11) is 0. The van der Waals surface area contributed by atoms with Crippen LogP contribution in [0.1, 0.15) is 33.6 Å². The average molecular weight is 765 g/mol. The number of fused-ring (bicyclic) bond motifs is 2. The molecule has 2 aliphatic rings. The minimum absolute atomic E-state index is 1.19. The Hall–Kier alpha value is -7.55. The van der Waals surface area contributed by atoms with Gasteiger partial charge in [0.2, 0.25) is 0 Å². The van der Waals surface area contributed by atoms with Gasteiger partial charge in [0.05, 0.1) is 0 Å². The van der Waals surface area contributed by atoms with Crippen molar-refractivity contribution in [1.82, 2.24) is 0 Å². The third-order valence-electron chi connectivity index (χ3n) is 13.3. The summed E-state index contributed by atoms with van der Waals surface area (Å²) in [6, 6.07) is 89.4. The van der Waals surface area contributed by atoms with Gasteiger partial charge in [-0.05, 0) is 23.3 Å². The summed E-state index contributed by atoms with van der Waals surface area (Å²) in [4.78, 5) is 0. The first-order chi connectivity index (χ1) is 29.8. The largest absolute Gasteiger partial charge is 0.408 e. The molecule has 0 amide bonds. The van der Waals surface area contributed by atoms with Gasteiger partial charge < -0.3 is 8.96 Å². The van der Waals surface area contributed by atoms with Gasteiger partial charge in [0.1, 0.15) is 12.4 Å². The number of aromatic nitrogens is 2. The minimum atomic E-state index is -1.63. The molecule has 0 fully saturated rings. The van der Waals surface area contributed by atoms with E-state index in [-0.39, 0.29) is 0 Å². The summed E-state index contributed by atoms with van der Waals surface area (Å²) in [6.45, 7) is 0. The molecule has 0 saturated carbocycles. The molecule has 282 valence electrons. The first-order valence-corrected chi connectivity index (χ1v) is 21.1. The van der Waals surface area contributed by atoms with Crippen LogP contribution in [-0.4, -0.2) is 12.6 Å². The van der Waals surface area contributed by atoms with E-state index >= 15 is 0 Å². The van der Waals surface area contributed by atoms with E-state index in [4.69, 9.17) is 0 Å². The molecule has 0 atom stereocenters. The predicted octanol–water partition coefficient (Wildman–Crippen LogP) is 8.50. The molecule has 9 aromatic rings. The monoisotopic (exact) mass is 764 g/mol.